The van der Waals surface area contributed by atoms with Crippen LogP contribution >= 0.6 is 11.6 Å². The van der Waals surface area contributed by atoms with Crippen molar-refractivity contribution >= 4 is 17.4 Å². The smallest absolute Gasteiger partial charge is 0.213 e. The zero-order chi connectivity index (χ0) is 27.7. The standard InChI is InChI=1S/C28H31ClN6O4/c1-15-26(25-16(2)34-39-17(25)3)32-27(21-10-20(7-8-22(21)29)38-14-19(36)11-30-4)33-28(15)35-12-18-6-9-24(37-5)31-23(18)13-35/h6-10,19,30,36H,11-14H2,1-5H3/t19-/m1/s1. The van der Waals surface area contributed by atoms with Gasteiger partial charge in [0, 0.05) is 30.3 Å². The van der Waals surface area contributed by atoms with Crippen molar-refractivity contribution < 1.29 is 19.1 Å². The molecule has 1 aromatic carbocycles. The monoisotopic (exact) mass is 550 g/mol. The van der Waals surface area contributed by atoms with Gasteiger partial charge in [0.05, 0.1) is 41.3 Å². The number of nitrogens with zero attached hydrogens (tertiary/aromatic N) is 5. The number of aliphatic hydroxyl groups excluding tert-OH is 1. The number of ether oxygens (including phenoxy) is 2. The van der Waals surface area contributed by atoms with Crippen LogP contribution in [0.25, 0.3) is 22.6 Å². The third-order valence-corrected chi connectivity index (χ3v) is 7.03. The van der Waals surface area contributed by atoms with Gasteiger partial charge < -0.3 is 29.3 Å². The molecule has 3 aromatic heterocycles. The number of likely N-dealkylation sites (N-methyl/N-ethyl adjacent to an activating group) is 1. The van der Waals surface area contributed by atoms with Gasteiger partial charge in [-0.15, -0.1) is 0 Å². The van der Waals surface area contributed by atoms with E-state index in [1.165, 1.54) is 0 Å². The Labute approximate surface area is 232 Å². The Morgan fingerprint density at radius 1 is 1.13 bits per heavy atom. The van der Waals surface area contributed by atoms with Gasteiger partial charge in [-0.2, -0.15) is 0 Å². The number of fused-ring (bicyclic) bond motifs is 1. The molecule has 11 heteroatoms. The lowest BCUT2D eigenvalue weighted by Crippen LogP contribution is -2.29. The van der Waals surface area contributed by atoms with Crippen LogP contribution in [0.3, 0.4) is 0 Å². The van der Waals surface area contributed by atoms with Gasteiger partial charge in [-0.3, -0.25) is 0 Å². The van der Waals surface area contributed by atoms with Crippen molar-refractivity contribution in [3.05, 3.63) is 63.6 Å². The van der Waals surface area contributed by atoms with Gasteiger partial charge in [0.25, 0.3) is 0 Å². The molecule has 0 amide bonds. The number of pyridine rings is 1. The predicted molar refractivity (Wildman–Crippen MR) is 148 cm³/mol. The summed E-state index contributed by atoms with van der Waals surface area (Å²) in [5.74, 6) is 3.01. The van der Waals surface area contributed by atoms with E-state index in [-0.39, 0.29) is 6.61 Å². The first-order valence-corrected chi connectivity index (χ1v) is 13.0. The quantitative estimate of drug-likeness (QED) is 0.313. The molecule has 1 aliphatic heterocycles. The summed E-state index contributed by atoms with van der Waals surface area (Å²) >= 11 is 6.68. The van der Waals surface area contributed by atoms with E-state index in [0.29, 0.717) is 53.4 Å². The number of hydrogen-bond acceptors (Lipinski definition) is 10. The summed E-state index contributed by atoms with van der Waals surface area (Å²) in [6.07, 6.45) is -0.647. The Morgan fingerprint density at radius 3 is 2.67 bits per heavy atom. The maximum atomic E-state index is 10.1. The summed E-state index contributed by atoms with van der Waals surface area (Å²) in [6.45, 7) is 7.54. The number of aromatic nitrogens is 4. The number of anilines is 1. The first kappa shape index (κ1) is 26.9. The van der Waals surface area contributed by atoms with Gasteiger partial charge in [0.1, 0.15) is 30.0 Å². The van der Waals surface area contributed by atoms with Crippen LogP contribution in [0.5, 0.6) is 11.6 Å². The molecule has 10 nitrogen and oxygen atoms in total. The maximum Gasteiger partial charge on any atom is 0.213 e. The first-order chi connectivity index (χ1) is 18.8. The fraction of sp³-hybridized carbons (Fsp3) is 0.357. The second-order valence-electron chi connectivity index (χ2n) is 9.52. The van der Waals surface area contributed by atoms with Gasteiger partial charge in [-0.05, 0) is 57.6 Å². The average Bonchev–Trinajstić information content (AvgIpc) is 3.50. The normalized spacial score (nSPS) is 13.5. The molecule has 0 unspecified atom stereocenters. The van der Waals surface area contributed by atoms with Crippen LogP contribution < -0.4 is 19.7 Å². The van der Waals surface area contributed by atoms with Gasteiger partial charge in [0.15, 0.2) is 5.82 Å². The van der Waals surface area contributed by atoms with Crippen molar-refractivity contribution in [1.29, 1.82) is 0 Å². The van der Waals surface area contributed by atoms with Crippen molar-refractivity contribution in [2.75, 3.05) is 32.2 Å². The van der Waals surface area contributed by atoms with Crippen molar-refractivity contribution in [2.45, 2.75) is 40.0 Å². The third-order valence-electron chi connectivity index (χ3n) is 6.70. The largest absolute Gasteiger partial charge is 0.491 e. The van der Waals surface area contributed by atoms with E-state index >= 15 is 0 Å². The average molecular weight is 551 g/mol. The van der Waals surface area contributed by atoms with Crippen molar-refractivity contribution in [2.24, 2.45) is 0 Å². The zero-order valence-corrected chi connectivity index (χ0v) is 23.3. The lowest BCUT2D eigenvalue weighted by atomic mass is 10.0. The fourth-order valence-corrected chi connectivity index (χ4v) is 4.95. The SMILES string of the molecule is CNC[C@@H](O)COc1ccc(Cl)c(-c2nc(-c3c(C)noc3C)c(C)c(N3Cc4ccc(OC)nc4C3)n2)c1. The minimum absolute atomic E-state index is 0.134. The van der Waals surface area contributed by atoms with Crippen molar-refractivity contribution in [1.82, 2.24) is 25.4 Å². The van der Waals surface area contributed by atoms with E-state index in [1.54, 1.807) is 32.4 Å². The molecule has 1 aliphatic rings. The zero-order valence-electron chi connectivity index (χ0n) is 22.6. The van der Waals surface area contributed by atoms with Crippen molar-refractivity contribution in [3.63, 3.8) is 0 Å². The lowest BCUT2D eigenvalue weighted by molar-refractivity contribution is 0.108. The topological polar surface area (TPSA) is 119 Å². The number of halogens is 1. The van der Waals surface area contributed by atoms with Crippen LogP contribution in [0, 0.1) is 20.8 Å². The third kappa shape index (κ3) is 5.40. The number of nitrogens with one attached hydrogen (secondary N) is 1. The molecule has 4 aromatic rings. The molecule has 0 bridgehead atoms. The minimum Gasteiger partial charge on any atom is -0.491 e. The molecule has 0 saturated heterocycles. The van der Waals surface area contributed by atoms with Gasteiger partial charge in [0.2, 0.25) is 5.88 Å². The Morgan fingerprint density at radius 2 is 1.95 bits per heavy atom. The number of aliphatic hydroxyl groups is 1. The molecule has 1 atom stereocenters. The van der Waals surface area contributed by atoms with Crippen LogP contribution in [0.2, 0.25) is 5.02 Å². The fourth-order valence-electron chi connectivity index (χ4n) is 4.75. The molecule has 0 spiro atoms. The highest BCUT2D eigenvalue weighted by atomic mass is 35.5. The number of methoxy groups -OCH3 is 1. The number of rotatable bonds is 9. The predicted octanol–water partition coefficient (Wildman–Crippen LogP) is 4.26. The molecular weight excluding hydrogens is 520 g/mol. The molecule has 2 N–H and O–H groups in total. The molecule has 0 radical (unpaired) electrons. The summed E-state index contributed by atoms with van der Waals surface area (Å²) < 4.78 is 16.7. The van der Waals surface area contributed by atoms with Gasteiger partial charge >= 0.3 is 0 Å². The highest BCUT2D eigenvalue weighted by Gasteiger charge is 2.28. The molecule has 5 rings (SSSR count). The Bertz CT molecular complexity index is 1490. The Balaban J connectivity index is 1.59. The van der Waals surface area contributed by atoms with E-state index in [4.69, 9.17) is 35.6 Å². The summed E-state index contributed by atoms with van der Waals surface area (Å²) in [4.78, 5) is 16.8. The molecule has 0 fully saturated rings. The highest BCUT2D eigenvalue weighted by molar-refractivity contribution is 6.33. The second-order valence-corrected chi connectivity index (χ2v) is 9.93. The summed E-state index contributed by atoms with van der Waals surface area (Å²) in [5.41, 5.74) is 5.86. The second kappa shape index (κ2) is 11.2. The van der Waals surface area contributed by atoms with Crippen LogP contribution in [0.15, 0.2) is 34.9 Å². The molecular formula is C28H31ClN6O4. The Kier molecular flexibility index (Phi) is 7.69. The van der Waals surface area contributed by atoms with E-state index in [0.717, 1.165) is 39.6 Å². The van der Waals surface area contributed by atoms with Gasteiger partial charge in [-0.25, -0.2) is 15.0 Å². The van der Waals surface area contributed by atoms with Gasteiger partial charge in [-0.1, -0.05) is 16.8 Å². The maximum absolute atomic E-state index is 10.1. The van der Waals surface area contributed by atoms with E-state index in [9.17, 15) is 5.11 Å². The number of aryl methyl sites for hydroxylation is 2. The molecule has 39 heavy (non-hydrogen) atoms. The lowest BCUT2D eigenvalue weighted by Gasteiger charge is -2.22. The molecule has 0 aliphatic carbocycles. The van der Waals surface area contributed by atoms with E-state index in [2.05, 4.69) is 20.4 Å². The Hall–Kier alpha value is -3.73. The highest BCUT2D eigenvalue weighted by Crippen LogP contribution is 2.39. The van der Waals surface area contributed by atoms with Crippen LogP contribution in [-0.2, 0) is 13.1 Å². The molecule has 4 heterocycles. The minimum atomic E-state index is -0.647. The summed E-state index contributed by atoms with van der Waals surface area (Å²) in [7, 11) is 3.39. The van der Waals surface area contributed by atoms with Crippen molar-refractivity contribution in [3.8, 4) is 34.3 Å². The van der Waals surface area contributed by atoms with Crippen LogP contribution in [-0.4, -0.2) is 58.6 Å². The molecule has 0 saturated carbocycles. The number of benzene rings is 1. The molecule has 204 valence electrons. The van der Waals surface area contributed by atoms with Crippen LogP contribution in [0.4, 0.5) is 5.82 Å². The van der Waals surface area contributed by atoms with E-state index < -0.39 is 6.10 Å². The summed E-state index contributed by atoms with van der Waals surface area (Å²) in [6, 6.07) is 9.21. The van der Waals surface area contributed by atoms with E-state index in [1.807, 2.05) is 32.9 Å². The van der Waals surface area contributed by atoms with Crippen LogP contribution in [0.1, 0.15) is 28.3 Å². The first-order valence-electron chi connectivity index (χ1n) is 12.6. The number of hydrogen-bond donors (Lipinski definition) is 2. The summed E-state index contributed by atoms with van der Waals surface area (Å²) in [5, 5.41) is 17.6.